The molecule has 1 N–H and O–H groups in total. The summed E-state index contributed by atoms with van der Waals surface area (Å²) in [7, 11) is 1.55. The summed E-state index contributed by atoms with van der Waals surface area (Å²) >= 11 is 0. The number of amides is 1. The molecule has 0 aliphatic carbocycles. The predicted molar refractivity (Wildman–Crippen MR) is 119 cm³/mol. The Bertz CT molecular complexity index is 1310. The molecule has 0 atom stereocenters. The number of nitrogens with one attached hydrogen (secondary N) is 1. The fourth-order valence-electron chi connectivity index (χ4n) is 3.47. The van der Waals surface area contributed by atoms with Gasteiger partial charge in [0.1, 0.15) is 11.6 Å². The zero-order valence-electron chi connectivity index (χ0n) is 17.2. The highest BCUT2D eigenvalue weighted by Gasteiger charge is 2.22. The molecule has 3 aromatic carbocycles. The van der Waals surface area contributed by atoms with E-state index in [1.54, 1.807) is 43.5 Å². The summed E-state index contributed by atoms with van der Waals surface area (Å²) in [5.74, 6) is -0.526. The molecule has 1 amide bonds. The molecule has 0 bridgehead atoms. The molecule has 0 aliphatic heterocycles. The van der Waals surface area contributed by atoms with Gasteiger partial charge in [0.2, 0.25) is 0 Å². The van der Waals surface area contributed by atoms with Crippen molar-refractivity contribution < 1.29 is 13.9 Å². The number of fused-ring (bicyclic) bond motifs is 1. The number of aryl methyl sites for hydroxylation is 1. The van der Waals surface area contributed by atoms with Crippen LogP contribution in [-0.2, 0) is 6.54 Å². The highest BCUT2D eigenvalue weighted by Crippen LogP contribution is 2.24. The number of anilines is 1. The smallest absolute Gasteiger partial charge is 0.261 e. The van der Waals surface area contributed by atoms with Gasteiger partial charge in [-0.2, -0.15) is 0 Å². The van der Waals surface area contributed by atoms with E-state index in [0.29, 0.717) is 17.0 Å². The molecule has 5 nitrogen and oxygen atoms in total. The van der Waals surface area contributed by atoms with Crippen LogP contribution in [0.4, 0.5) is 10.1 Å². The second-order valence-corrected chi connectivity index (χ2v) is 7.28. The van der Waals surface area contributed by atoms with Crippen molar-refractivity contribution in [3.05, 3.63) is 106 Å². The third kappa shape index (κ3) is 4.19. The summed E-state index contributed by atoms with van der Waals surface area (Å²) in [6.45, 7) is 1.93. The molecule has 0 unspecified atom stereocenters. The van der Waals surface area contributed by atoms with Gasteiger partial charge in [-0.25, -0.2) is 4.39 Å². The van der Waals surface area contributed by atoms with Crippen LogP contribution in [0.1, 0.15) is 21.5 Å². The molecule has 156 valence electrons. The number of methoxy groups -OCH3 is 1. The number of aromatic nitrogens is 1. The third-order valence-electron chi connectivity index (χ3n) is 5.14. The number of benzene rings is 3. The Morgan fingerprint density at radius 1 is 1.03 bits per heavy atom. The van der Waals surface area contributed by atoms with Gasteiger partial charge in [-0.05, 0) is 66.4 Å². The lowest BCUT2D eigenvalue weighted by atomic mass is 10.1. The first kappa shape index (κ1) is 20.3. The van der Waals surface area contributed by atoms with Gasteiger partial charge < -0.3 is 14.6 Å². The maximum absolute atomic E-state index is 14.4. The molecule has 4 rings (SSSR count). The van der Waals surface area contributed by atoms with Crippen LogP contribution in [-0.4, -0.2) is 18.0 Å². The van der Waals surface area contributed by atoms with Crippen LogP contribution in [0, 0.1) is 12.7 Å². The summed E-state index contributed by atoms with van der Waals surface area (Å²) in [6, 6.07) is 20.2. The first-order valence-electron chi connectivity index (χ1n) is 9.79. The first-order chi connectivity index (χ1) is 15.0. The van der Waals surface area contributed by atoms with Gasteiger partial charge in [-0.1, -0.05) is 24.3 Å². The Labute approximate surface area is 178 Å². The number of pyridine rings is 1. The lowest BCUT2D eigenvalue weighted by Crippen LogP contribution is -2.33. The number of H-pyrrole nitrogens is 1. The highest BCUT2D eigenvalue weighted by molar-refractivity contribution is 6.06. The molecule has 0 saturated heterocycles. The van der Waals surface area contributed by atoms with Crippen LogP contribution in [0.3, 0.4) is 0 Å². The van der Waals surface area contributed by atoms with E-state index in [4.69, 9.17) is 4.74 Å². The summed E-state index contributed by atoms with van der Waals surface area (Å²) in [6.07, 6.45) is 0. The van der Waals surface area contributed by atoms with E-state index < -0.39 is 11.7 Å². The second-order valence-electron chi connectivity index (χ2n) is 7.28. The number of aromatic amines is 1. The van der Waals surface area contributed by atoms with E-state index in [1.807, 2.05) is 25.1 Å². The topological polar surface area (TPSA) is 62.4 Å². The second kappa shape index (κ2) is 8.44. The first-order valence-corrected chi connectivity index (χ1v) is 9.79. The maximum atomic E-state index is 14.4. The molecule has 0 spiro atoms. The van der Waals surface area contributed by atoms with Crippen molar-refractivity contribution in [2.24, 2.45) is 0 Å². The fraction of sp³-hybridized carbons (Fsp3) is 0.120. The van der Waals surface area contributed by atoms with E-state index in [2.05, 4.69) is 4.98 Å². The molecule has 1 heterocycles. The van der Waals surface area contributed by atoms with Crippen LogP contribution in [0.2, 0.25) is 0 Å². The van der Waals surface area contributed by atoms with Gasteiger partial charge in [0.05, 0.1) is 19.2 Å². The average Bonchev–Trinajstić information content (AvgIpc) is 2.78. The van der Waals surface area contributed by atoms with E-state index in [1.165, 1.54) is 23.1 Å². The summed E-state index contributed by atoms with van der Waals surface area (Å²) in [5.41, 5.74) is 2.33. The zero-order chi connectivity index (χ0) is 22.0. The van der Waals surface area contributed by atoms with Crippen molar-refractivity contribution in [2.75, 3.05) is 12.0 Å². The minimum atomic E-state index is -0.617. The molecule has 0 fully saturated rings. The minimum absolute atomic E-state index is 0.0152. The van der Waals surface area contributed by atoms with Gasteiger partial charge >= 0.3 is 0 Å². The van der Waals surface area contributed by atoms with E-state index in [0.717, 1.165) is 16.5 Å². The van der Waals surface area contributed by atoms with Gasteiger partial charge in [0.25, 0.3) is 11.5 Å². The zero-order valence-corrected chi connectivity index (χ0v) is 17.2. The predicted octanol–water partition coefficient (Wildman–Crippen LogP) is 4.83. The normalized spacial score (nSPS) is 10.8. The van der Waals surface area contributed by atoms with Gasteiger partial charge in [0, 0.05) is 16.8 Å². The molecule has 1 aromatic heterocycles. The molecule has 4 aromatic rings. The average molecular weight is 416 g/mol. The van der Waals surface area contributed by atoms with Crippen molar-refractivity contribution in [1.82, 2.24) is 4.98 Å². The Morgan fingerprint density at radius 2 is 1.77 bits per heavy atom. The van der Waals surface area contributed by atoms with Gasteiger partial charge in [0.15, 0.2) is 0 Å². The van der Waals surface area contributed by atoms with E-state index in [9.17, 15) is 14.0 Å². The monoisotopic (exact) mass is 416 g/mol. The molecular formula is C25H21FN2O3. The minimum Gasteiger partial charge on any atom is -0.497 e. The molecule has 0 saturated carbocycles. The quantitative estimate of drug-likeness (QED) is 0.507. The van der Waals surface area contributed by atoms with Crippen LogP contribution in [0.25, 0.3) is 10.9 Å². The Balaban J connectivity index is 1.79. The molecule has 0 radical (unpaired) electrons. The van der Waals surface area contributed by atoms with Crippen molar-refractivity contribution in [3.8, 4) is 5.75 Å². The lowest BCUT2D eigenvalue weighted by molar-refractivity contribution is 0.0981. The Morgan fingerprint density at radius 3 is 2.48 bits per heavy atom. The fourth-order valence-corrected chi connectivity index (χ4v) is 3.47. The van der Waals surface area contributed by atoms with Crippen LogP contribution >= 0.6 is 0 Å². The van der Waals surface area contributed by atoms with Crippen LogP contribution in [0.15, 0.2) is 77.6 Å². The number of hydrogen-bond acceptors (Lipinski definition) is 3. The Kier molecular flexibility index (Phi) is 5.54. The SMILES string of the molecule is COc1ccc(N(Cc2cc3ccc(C)cc3[nH]c2=O)C(=O)c2ccccc2F)cc1. The summed E-state index contributed by atoms with van der Waals surface area (Å²) < 4.78 is 19.6. The van der Waals surface area contributed by atoms with E-state index >= 15 is 0 Å². The Hall–Kier alpha value is -3.93. The number of nitrogens with zero attached hydrogens (tertiary/aromatic N) is 1. The number of ether oxygens (including phenoxy) is 1. The van der Waals surface area contributed by atoms with Crippen molar-refractivity contribution >= 4 is 22.5 Å². The molecule has 0 aliphatic rings. The van der Waals surface area contributed by atoms with E-state index in [-0.39, 0.29) is 17.7 Å². The summed E-state index contributed by atoms with van der Waals surface area (Å²) in [4.78, 5) is 30.3. The van der Waals surface area contributed by atoms with Crippen molar-refractivity contribution in [1.29, 1.82) is 0 Å². The number of carbonyl (C=O) groups is 1. The number of halogens is 1. The number of carbonyl (C=O) groups excluding carboxylic acids is 1. The lowest BCUT2D eigenvalue weighted by Gasteiger charge is -2.23. The number of rotatable bonds is 5. The summed E-state index contributed by atoms with van der Waals surface area (Å²) in [5, 5.41) is 0.855. The van der Waals surface area contributed by atoms with Crippen molar-refractivity contribution in [2.45, 2.75) is 13.5 Å². The molecular weight excluding hydrogens is 395 g/mol. The largest absolute Gasteiger partial charge is 0.497 e. The van der Waals surface area contributed by atoms with Crippen LogP contribution < -0.4 is 15.2 Å². The standard InChI is InChI=1S/C25H21FN2O3/c1-16-7-8-17-14-18(24(29)27-23(17)13-16)15-28(19-9-11-20(31-2)12-10-19)25(30)21-5-3-4-6-22(21)26/h3-14H,15H2,1-2H3,(H,27,29). The van der Waals surface area contributed by atoms with Gasteiger partial charge in [-0.3, -0.25) is 9.59 Å². The molecule has 31 heavy (non-hydrogen) atoms. The van der Waals surface area contributed by atoms with Gasteiger partial charge in [-0.15, -0.1) is 0 Å². The molecule has 6 heteroatoms. The third-order valence-corrected chi connectivity index (χ3v) is 5.14. The van der Waals surface area contributed by atoms with Crippen molar-refractivity contribution in [3.63, 3.8) is 0 Å². The maximum Gasteiger partial charge on any atom is 0.261 e. The van der Waals surface area contributed by atoms with Crippen LogP contribution in [0.5, 0.6) is 5.75 Å². The number of hydrogen-bond donors (Lipinski definition) is 1. The highest BCUT2D eigenvalue weighted by atomic mass is 19.1.